The topological polar surface area (TPSA) is 54.0 Å². The summed E-state index contributed by atoms with van der Waals surface area (Å²) >= 11 is 0. The second kappa shape index (κ2) is 5.86. The van der Waals surface area contributed by atoms with Crippen LogP contribution in [-0.2, 0) is 23.7 Å². The third-order valence-corrected chi connectivity index (χ3v) is 5.93. The number of ether oxygens (including phenoxy) is 4. The standard InChI is InChI=1S/C17H26O5/c18-15(13-1-5-16(6-2-13)19-9-10-20-16)14-3-7-17(8-4-14)21-11-12-22-17/h13-14H,1-12H2. The van der Waals surface area contributed by atoms with E-state index in [4.69, 9.17) is 18.9 Å². The molecule has 0 atom stereocenters. The Labute approximate surface area is 131 Å². The van der Waals surface area contributed by atoms with Gasteiger partial charge in [-0.2, -0.15) is 0 Å². The highest BCUT2D eigenvalue weighted by Crippen LogP contribution is 2.43. The molecule has 2 aliphatic carbocycles. The Morgan fingerprint density at radius 3 is 1.27 bits per heavy atom. The van der Waals surface area contributed by atoms with Crippen molar-refractivity contribution >= 4 is 5.78 Å². The van der Waals surface area contributed by atoms with Crippen LogP contribution in [0.15, 0.2) is 0 Å². The lowest BCUT2D eigenvalue weighted by molar-refractivity contribution is -0.189. The van der Waals surface area contributed by atoms with E-state index in [1.165, 1.54) is 0 Å². The number of carbonyl (C=O) groups excluding carboxylic acids is 1. The largest absolute Gasteiger partial charge is 0.348 e. The van der Waals surface area contributed by atoms with Gasteiger partial charge in [-0.1, -0.05) is 0 Å². The fraction of sp³-hybridized carbons (Fsp3) is 0.941. The Balaban J connectivity index is 1.30. The van der Waals surface area contributed by atoms with Crippen molar-refractivity contribution < 1.29 is 23.7 Å². The Morgan fingerprint density at radius 1 is 0.636 bits per heavy atom. The van der Waals surface area contributed by atoms with E-state index in [1.807, 2.05) is 0 Å². The number of ketones is 1. The smallest absolute Gasteiger partial charge is 0.168 e. The highest BCUT2D eigenvalue weighted by Gasteiger charge is 2.45. The maximum Gasteiger partial charge on any atom is 0.168 e. The van der Waals surface area contributed by atoms with Crippen molar-refractivity contribution in [3.63, 3.8) is 0 Å². The van der Waals surface area contributed by atoms with Crippen LogP contribution in [0.5, 0.6) is 0 Å². The lowest BCUT2D eigenvalue weighted by Gasteiger charge is -2.38. The van der Waals surface area contributed by atoms with E-state index in [1.54, 1.807) is 0 Å². The van der Waals surface area contributed by atoms with E-state index in [2.05, 4.69) is 0 Å². The Hall–Kier alpha value is -0.490. The van der Waals surface area contributed by atoms with Crippen molar-refractivity contribution in [2.45, 2.75) is 62.9 Å². The summed E-state index contributed by atoms with van der Waals surface area (Å²) in [4.78, 5) is 12.8. The molecule has 4 fully saturated rings. The van der Waals surface area contributed by atoms with E-state index in [0.29, 0.717) is 32.2 Å². The molecule has 0 radical (unpaired) electrons. The van der Waals surface area contributed by atoms with Gasteiger partial charge in [-0.25, -0.2) is 0 Å². The molecule has 0 aromatic rings. The first-order valence-corrected chi connectivity index (χ1v) is 8.80. The van der Waals surface area contributed by atoms with Gasteiger partial charge in [0.1, 0.15) is 5.78 Å². The van der Waals surface area contributed by atoms with Crippen LogP contribution in [0.25, 0.3) is 0 Å². The van der Waals surface area contributed by atoms with Crippen LogP contribution < -0.4 is 0 Å². The molecule has 0 unspecified atom stereocenters. The minimum atomic E-state index is -0.362. The quantitative estimate of drug-likeness (QED) is 0.784. The van der Waals surface area contributed by atoms with Crippen molar-refractivity contribution in [2.75, 3.05) is 26.4 Å². The maximum absolute atomic E-state index is 12.8. The molecule has 0 bridgehead atoms. The zero-order valence-corrected chi connectivity index (χ0v) is 13.2. The summed E-state index contributed by atoms with van der Waals surface area (Å²) < 4.78 is 23.0. The van der Waals surface area contributed by atoms with Crippen LogP contribution >= 0.6 is 0 Å². The van der Waals surface area contributed by atoms with Crippen molar-refractivity contribution in [1.82, 2.24) is 0 Å². The van der Waals surface area contributed by atoms with Gasteiger partial charge in [-0.15, -0.1) is 0 Å². The first-order chi connectivity index (χ1) is 10.7. The monoisotopic (exact) mass is 310 g/mol. The summed E-state index contributed by atoms with van der Waals surface area (Å²) in [6.45, 7) is 2.79. The number of hydrogen-bond acceptors (Lipinski definition) is 5. The fourth-order valence-electron chi connectivity index (χ4n) is 4.59. The predicted octanol–water partition coefficient (Wildman–Crippen LogP) is 2.42. The number of hydrogen-bond donors (Lipinski definition) is 0. The van der Waals surface area contributed by atoms with Gasteiger partial charge in [0.15, 0.2) is 11.6 Å². The molecule has 2 saturated carbocycles. The summed E-state index contributed by atoms with van der Waals surface area (Å²) in [5, 5.41) is 0. The lowest BCUT2D eigenvalue weighted by Crippen LogP contribution is -2.41. The molecular formula is C17H26O5. The van der Waals surface area contributed by atoms with Gasteiger partial charge in [0.05, 0.1) is 26.4 Å². The van der Waals surface area contributed by atoms with Crippen LogP contribution in [0.4, 0.5) is 0 Å². The number of rotatable bonds is 2. The molecule has 4 rings (SSSR count). The summed E-state index contributed by atoms with van der Waals surface area (Å²) in [5.74, 6) is 0.129. The lowest BCUT2D eigenvalue weighted by atomic mass is 9.74. The van der Waals surface area contributed by atoms with Crippen molar-refractivity contribution in [2.24, 2.45) is 11.8 Å². The normalized spacial score (nSPS) is 34.5. The molecule has 0 aromatic carbocycles. The predicted molar refractivity (Wildman–Crippen MR) is 78.2 cm³/mol. The van der Waals surface area contributed by atoms with Gasteiger partial charge in [-0.05, 0) is 25.7 Å². The molecule has 2 saturated heterocycles. The molecule has 2 aliphatic heterocycles. The molecule has 124 valence electrons. The van der Waals surface area contributed by atoms with Gasteiger partial charge in [0.2, 0.25) is 0 Å². The Kier molecular flexibility index (Phi) is 4.01. The van der Waals surface area contributed by atoms with Crippen LogP contribution in [0, 0.1) is 11.8 Å². The first kappa shape index (κ1) is 15.1. The van der Waals surface area contributed by atoms with Gasteiger partial charge >= 0.3 is 0 Å². The minimum Gasteiger partial charge on any atom is -0.348 e. The molecule has 0 aromatic heterocycles. The minimum absolute atomic E-state index is 0.197. The average Bonchev–Trinajstić information content (AvgIpc) is 3.19. The Morgan fingerprint density at radius 2 is 0.955 bits per heavy atom. The number of Topliss-reactive ketones (excluding diaryl/α,β-unsaturated/α-hetero) is 1. The second-order valence-corrected chi connectivity index (χ2v) is 7.17. The molecule has 0 amide bonds. The maximum atomic E-state index is 12.8. The molecule has 2 spiro atoms. The zero-order chi connectivity index (χ0) is 15.0. The van der Waals surface area contributed by atoms with Crippen LogP contribution in [0.1, 0.15) is 51.4 Å². The van der Waals surface area contributed by atoms with Crippen LogP contribution in [0.2, 0.25) is 0 Å². The van der Waals surface area contributed by atoms with Gasteiger partial charge < -0.3 is 18.9 Å². The third kappa shape index (κ3) is 2.73. The van der Waals surface area contributed by atoms with Crippen LogP contribution in [-0.4, -0.2) is 43.8 Å². The van der Waals surface area contributed by atoms with E-state index in [9.17, 15) is 4.79 Å². The summed E-state index contributed by atoms with van der Waals surface area (Å²) in [5.41, 5.74) is 0. The van der Waals surface area contributed by atoms with Gasteiger partial charge in [0, 0.05) is 37.5 Å². The molecule has 5 heteroatoms. The van der Waals surface area contributed by atoms with E-state index >= 15 is 0 Å². The third-order valence-electron chi connectivity index (χ3n) is 5.93. The van der Waals surface area contributed by atoms with Crippen molar-refractivity contribution in [1.29, 1.82) is 0 Å². The average molecular weight is 310 g/mol. The van der Waals surface area contributed by atoms with Crippen LogP contribution in [0.3, 0.4) is 0 Å². The highest BCUT2D eigenvalue weighted by atomic mass is 16.7. The highest BCUT2D eigenvalue weighted by molar-refractivity contribution is 5.83. The van der Waals surface area contributed by atoms with E-state index in [0.717, 1.165) is 51.4 Å². The van der Waals surface area contributed by atoms with Gasteiger partial charge in [-0.3, -0.25) is 4.79 Å². The summed E-state index contributed by atoms with van der Waals surface area (Å²) in [6, 6.07) is 0. The molecule has 0 N–H and O–H groups in total. The molecule has 5 nitrogen and oxygen atoms in total. The zero-order valence-electron chi connectivity index (χ0n) is 13.2. The fourth-order valence-corrected chi connectivity index (χ4v) is 4.59. The molecular weight excluding hydrogens is 284 g/mol. The van der Waals surface area contributed by atoms with E-state index < -0.39 is 0 Å². The summed E-state index contributed by atoms with van der Waals surface area (Å²) in [7, 11) is 0. The second-order valence-electron chi connectivity index (χ2n) is 7.17. The molecule has 22 heavy (non-hydrogen) atoms. The molecule has 2 heterocycles. The Bertz CT molecular complexity index is 365. The van der Waals surface area contributed by atoms with Crippen molar-refractivity contribution in [3.8, 4) is 0 Å². The first-order valence-electron chi connectivity index (χ1n) is 8.80. The van der Waals surface area contributed by atoms with E-state index in [-0.39, 0.29) is 23.4 Å². The number of carbonyl (C=O) groups is 1. The molecule has 4 aliphatic rings. The SMILES string of the molecule is O=C(C1CCC2(CC1)OCCO2)C1CCC2(CC1)OCCO2. The summed E-state index contributed by atoms with van der Waals surface area (Å²) in [6.07, 6.45) is 7.11. The van der Waals surface area contributed by atoms with Gasteiger partial charge in [0.25, 0.3) is 0 Å². The van der Waals surface area contributed by atoms with Crippen molar-refractivity contribution in [3.05, 3.63) is 0 Å².